The molecular weight excluding hydrogens is 212 g/mol. The molecule has 3 nitrogen and oxygen atoms in total. The predicted molar refractivity (Wildman–Crippen MR) is 62.4 cm³/mol. The van der Waals surface area contributed by atoms with Crippen LogP contribution in [0.4, 0.5) is 0 Å². The van der Waals surface area contributed by atoms with Crippen LogP contribution in [0.2, 0.25) is 0 Å². The maximum atomic E-state index is 11.4. The predicted octanol–water partition coefficient (Wildman–Crippen LogP) is 2.21. The van der Waals surface area contributed by atoms with Gasteiger partial charge in [0.2, 0.25) is 0 Å². The fourth-order valence-corrected chi connectivity index (χ4v) is 1.76. The smallest absolute Gasteiger partial charge is 0.266 e. The Labute approximate surface area is 95.1 Å². The Morgan fingerprint density at radius 1 is 1.47 bits per heavy atom. The first-order chi connectivity index (χ1) is 7.13. The maximum absolute atomic E-state index is 11.4. The van der Waals surface area contributed by atoms with Gasteiger partial charge in [-0.05, 0) is 31.7 Å². The third-order valence-electron chi connectivity index (χ3n) is 2.44. The van der Waals surface area contributed by atoms with E-state index in [-0.39, 0.29) is 5.56 Å². The van der Waals surface area contributed by atoms with Crippen LogP contribution in [-0.4, -0.2) is 15.7 Å². The van der Waals surface area contributed by atoms with Crippen molar-refractivity contribution in [1.82, 2.24) is 9.78 Å². The summed E-state index contributed by atoms with van der Waals surface area (Å²) in [6, 6.07) is 3.30. The third kappa shape index (κ3) is 4.04. The van der Waals surface area contributed by atoms with Gasteiger partial charge in [-0.1, -0.05) is 6.92 Å². The van der Waals surface area contributed by atoms with Crippen LogP contribution in [0, 0.1) is 12.8 Å². The molecule has 0 bridgehead atoms. The van der Waals surface area contributed by atoms with E-state index in [2.05, 4.69) is 12.0 Å². The highest BCUT2D eigenvalue weighted by Gasteiger charge is 2.03. The Bertz CT molecular complexity index is 362. The molecule has 1 unspecified atom stereocenters. The first-order valence-corrected chi connectivity index (χ1v) is 5.77. The van der Waals surface area contributed by atoms with Gasteiger partial charge in [-0.3, -0.25) is 4.79 Å². The lowest BCUT2D eigenvalue weighted by molar-refractivity contribution is 0.437. The van der Waals surface area contributed by atoms with Gasteiger partial charge in [0.25, 0.3) is 5.56 Å². The third-order valence-corrected chi connectivity index (χ3v) is 2.65. The Balaban J connectivity index is 2.57. The van der Waals surface area contributed by atoms with Crippen LogP contribution in [0.1, 0.15) is 25.5 Å². The van der Waals surface area contributed by atoms with E-state index in [4.69, 9.17) is 11.6 Å². The zero-order chi connectivity index (χ0) is 11.3. The molecule has 0 aromatic carbocycles. The Morgan fingerprint density at radius 3 is 2.87 bits per heavy atom. The standard InChI is InChI=1S/C11H17ClN2O/c1-9(5-7-12)6-8-14-11(15)4-3-10(2)13-14/h3-4,9H,5-8H2,1-2H3. The Hall–Kier alpha value is -0.830. The molecule has 0 spiro atoms. The summed E-state index contributed by atoms with van der Waals surface area (Å²) in [5.41, 5.74) is 0.846. The van der Waals surface area contributed by atoms with Crippen molar-refractivity contribution in [2.75, 3.05) is 5.88 Å². The quantitative estimate of drug-likeness (QED) is 0.725. The molecule has 0 saturated heterocycles. The summed E-state index contributed by atoms with van der Waals surface area (Å²) < 4.78 is 1.53. The van der Waals surface area contributed by atoms with Gasteiger partial charge in [0, 0.05) is 18.5 Å². The molecule has 0 N–H and O–H groups in total. The molecule has 84 valence electrons. The molecule has 1 atom stereocenters. The number of hydrogen-bond acceptors (Lipinski definition) is 2. The van der Waals surface area contributed by atoms with Crippen molar-refractivity contribution in [2.24, 2.45) is 5.92 Å². The summed E-state index contributed by atoms with van der Waals surface area (Å²) in [4.78, 5) is 11.4. The summed E-state index contributed by atoms with van der Waals surface area (Å²) in [5, 5.41) is 4.18. The van der Waals surface area contributed by atoms with Gasteiger partial charge < -0.3 is 0 Å². The first-order valence-electron chi connectivity index (χ1n) is 5.24. The van der Waals surface area contributed by atoms with Gasteiger partial charge in [-0.15, -0.1) is 11.6 Å². The highest BCUT2D eigenvalue weighted by molar-refractivity contribution is 6.17. The summed E-state index contributed by atoms with van der Waals surface area (Å²) in [7, 11) is 0. The fourth-order valence-electron chi connectivity index (χ4n) is 1.38. The molecule has 1 heterocycles. The normalized spacial score (nSPS) is 12.7. The van der Waals surface area contributed by atoms with Crippen molar-refractivity contribution in [1.29, 1.82) is 0 Å². The molecule has 0 amide bonds. The second-order valence-corrected chi connectivity index (χ2v) is 4.29. The van der Waals surface area contributed by atoms with Crippen LogP contribution < -0.4 is 5.56 Å². The molecule has 0 aliphatic heterocycles. The summed E-state index contributed by atoms with van der Waals surface area (Å²) in [6.45, 7) is 4.71. The molecule has 0 fully saturated rings. The fraction of sp³-hybridized carbons (Fsp3) is 0.636. The van der Waals surface area contributed by atoms with E-state index in [0.29, 0.717) is 18.3 Å². The van der Waals surface area contributed by atoms with Gasteiger partial charge in [-0.25, -0.2) is 4.68 Å². The highest BCUT2D eigenvalue weighted by atomic mass is 35.5. The molecular formula is C11H17ClN2O. The average Bonchev–Trinajstić information content (AvgIpc) is 2.20. The minimum atomic E-state index is -0.0290. The van der Waals surface area contributed by atoms with Crippen LogP contribution in [0.3, 0.4) is 0 Å². The number of aromatic nitrogens is 2. The summed E-state index contributed by atoms with van der Waals surface area (Å²) in [5.74, 6) is 1.22. The van der Waals surface area contributed by atoms with E-state index in [9.17, 15) is 4.79 Å². The van der Waals surface area contributed by atoms with Gasteiger partial charge in [-0.2, -0.15) is 5.10 Å². The van der Waals surface area contributed by atoms with Crippen molar-refractivity contribution in [3.8, 4) is 0 Å². The molecule has 0 saturated carbocycles. The van der Waals surface area contributed by atoms with Crippen molar-refractivity contribution in [2.45, 2.75) is 33.2 Å². The number of halogens is 1. The maximum Gasteiger partial charge on any atom is 0.266 e. The van der Waals surface area contributed by atoms with E-state index >= 15 is 0 Å². The van der Waals surface area contributed by atoms with Gasteiger partial charge in [0.1, 0.15) is 0 Å². The van der Waals surface area contributed by atoms with E-state index in [0.717, 1.165) is 18.5 Å². The van der Waals surface area contributed by atoms with Gasteiger partial charge in [0.15, 0.2) is 0 Å². The number of alkyl halides is 1. The number of hydrogen-bond donors (Lipinski definition) is 0. The summed E-state index contributed by atoms with van der Waals surface area (Å²) >= 11 is 5.65. The van der Waals surface area contributed by atoms with Crippen molar-refractivity contribution < 1.29 is 0 Å². The van der Waals surface area contributed by atoms with Gasteiger partial charge in [0.05, 0.1) is 5.69 Å². The van der Waals surface area contributed by atoms with E-state index in [1.807, 2.05) is 6.92 Å². The molecule has 15 heavy (non-hydrogen) atoms. The minimum Gasteiger partial charge on any atom is -0.268 e. The summed E-state index contributed by atoms with van der Waals surface area (Å²) in [6.07, 6.45) is 1.94. The van der Waals surface area contributed by atoms with Crippen LogP contribution in [0.15, 0.2) is 16.9 Å². The lowest BCUT2D eigenvalue weighted by Gasteiger charge is -2.10. The topological polar surface area (TPSA) is 34.9 Å². The van der Waals surface area contributed by atoms with E-state index in [1.54, 1.807) is 12.1 Å². The van der Waals surface area contributed by atoms with Gasteiger partial charge >= 0.3 is 0 Å². The average molecular weight is 229 g/mol. The van der Waals surface area contributed by atoms with Crippen LogP contribution >= 0.6 is 11.6 Å². The van der Waals surface area contributed by atoms with Crippen LogP contribution in [0.25, 0.3) is 0 Å². The largest absolute Gasteiger partial charge is 0.268 e. The zero-order valence-corrected chi connectivity index (χ0v) is 10.00. The van der Waals surface area contributed by atoms with E-state index in [1.165, 1.54) is 4.68 Å². The number of aryl methyl sites for hydroxylation is 2. The number of nitrogens with zero attached hydrogens (tertiary/aromatic N) is 2. The van der Waals surface area contributed by atoms with E-state index < -0.39 is 0 Å². The Morgan fingerprint density at radius 2 is 2.20 bits per heavy atom. The van der Waals surface area contributed by atoms with Crippen molar-refractivity contribution in [3.63, 3.8) is 0 Å². The SMILES string of the molecule is Cc1ccc(=O)n(CCC(C)CCCl)n1. The van der Waals surface area contributed by atoms with Crippen LogP contribution in [-0.2, 0) is 6.54 Å². The van der Waals surface area contributed by atoms with Crippen molar-refractivity contribution in [3.05, 3.63) is 28.2 Å². The van der Waals surface area contributed by atoms with Crippen molar-refractivity contribution >= 4 is 11.6 Å². The number of rotatable bonds is 5. The second kappa shape index (κ2) is 5.91. The molecule has 4 heteroatoms. The monoisotopic (exact) mass is 228 g/mol. The molecule has 1 aromatic rings. The lowest BCUT2D eigenvalue weighted by Crippen LogP contribution is -2.23. The van der Waals surface area contributed by atoms with Crippen LogP contribution in [0.5, 0.6) is 0 Å². The molecule has 0 aliphatic carbocycles. The molecule has 0 aliphatic rings. The lowest BCUT2D eigenvalue weighted by atomic mass is 10.1. The Kier molecular flexibility index (Phi) is 4.82. The zero-order valence-electron chi connectivity index (χ0n) is 9.24. The minimum absolute atomic E-state index is 0.0290. The molecule has 1 rings (SSSR count). The highest BCUT2D eigenvalue weighted by Crippen LogP contribution is 2.08. The molecule has 0 radical (unpaired) electrons. The first kappa shape index (κ1) is 12.2. The second-order valence-electron chi connectivity index (χ2n) is 3.91. The molecule has 1 aromatic heterocycles.